The number of carbonyl (C=O) groups is 2. The third-order valence-corrected chi connectivity index (χ3v) is 5.42. The predicted octanol–water partition coefficient (Wildman–Crippen LogP) is 1.46. The molecule has 0 aliphatic carbocycles. The van der Waals surface area contributed by atoms with Gasteiger partial charge in [0.1, 0.15) is 0 Å². The summed E-state index contributed by atoms with van der Waals surface area (Å²) in [6.07, 6.45) is 6.39. The minimum Gasteiger partial charge on any atom is -0.355 e. The first-order valence-electron chi connectivity index (χ1n) is 8.69. The number of nitrogens with zero attached hydrogens (tertiary/aromatic N) is 4. The largest absolute Gasteiger partial charge is 0.355 e. The van der Waals surface area contributed by atoms with Gasteiger partial charge in [0.2, 0.25) is 11.8 Å². The second kappa shape index (κ2) is 8.84. The Kier molecular flexibility index (Phi) is 6.27. The van der Waals surface area contributed by atoms with Crippen molar-refractivity contribution < 1.29 is 9.59 Å². The number of thioether (sulfide) groups is 1. The number of aryl methyl sites for hydroxylation is 1. The van der Waals surface area contributed by atoms with Crippen molar-refractivity contribution in [2.24, 2.45) is 13.0 Å². The average molecular weight is 373 g/mol. The van der Waals surface area contributed by atoms with Gasteiger partial charge in [-0.05, 0) is 18.6 Å². The van der Waals surface area contributed by atoms with Crippen molar-refractivity contribution in [2.45, 2.75) is 24.5 Å². The van der Waals surface area contributed by atoms with Crippen LogP contribution < -0.4 is 5.32 Å². The molecule has 0 bridgehead atoms. The van der Waals surface area contributed by atoms with Crippen LogP contribution in [0.25, 0.3) is 0 Å². The number of imidazole rings is 1. The van der Waals surface area contributed by atoms with Gasteiger partial charge in [-0.3, -0.25) is 14.6 Å². The van der Waals surface area contributed by atoms with E-state index in [1.54, 1.807) is 29.1 Å². The summed E-state index contributed by atoms with van der Waals surface area (Å²) in [5, 5.41) is 3.92. The van der Waals surface area contributed by atoms with E-state index in [1.807, 2.05) is 36.0 Å². The Bertz CT molecular complexity index is 749. The molecule has 2 aromatic heterocycles. The van der Waals surface area contributed by atoms with Crippen molar-refractivity contribution in [3.05, 3.63) is 42.5 Å². The Morgan fingerprint density at radius 2 is 2.23 bits per heavy atom. The fourth-order valence-corrected chi connectivity index (χ4v) is 3.71. The number of aromatic nitrogens is 3. The summed E-state index contributed by atoms with van der Waals surface area (Å²) >= 11 is 1.61. The first-order chi connectivity index (χ1) is 12.6. The lowest BCUT2D eigenvalue weighted by atomic mass is 9.96. The maximum atomic E-state index is 12.4. The van der Waals surface area contributed by atoms with E-state index in [2.05, 4.69) is 15.3 Å². The van der Waals surface area contributed by atoms with E-state index in [1.165, 1.54) is 0 Å². The molecule has 2 amide bonds. The van der Waals surface area contributed by atoms with E-state index in [4.69, 9.17) is 0 Å². The van der Waals surface area contributed by atoms with E-state index in [0.29, 0.717) is 32.5 Å². The summed E-state index contributed by atoms with van der Waals surface area (Å²) in [6, 6.07) is 5.65. The van der Waals surface area contributed by atoms with Crippen molar-refractivity contribution in [1.82, 2.24) is 24.8 Å². The number of hydrogen-bond donors (Lipinski definition) is 1. The fraction of sp³-hybridized carbons (Fsp3) is 0.444. The highest BCUT2D eigenvalue weighted by Gasteiger charge is 2.30. The van der Waals surface area contributed by atoms with Crippen LogP contribution in [-0.2, 0) is 23.2 Å². The van der Waals surface area contributed by atoms with Crippen LogP contribution in [0.3, 0.4) is 0 Å². The zero-order chi connectivity index (χ0) is 18.4. The minimum atomic E-state index is -0.158. The molecule has 1 aliphatic rings. The Morgan fingerprint density at radius 1 is 1.35 bits per heavy atom. The van der Waals surface area contributed by atoms with Gasteiger partial charge in [0.15, 0.2) is 5.16 Å². The van der Waals surface area contributed by atoms with Gasteiger partial charge in [-0.1, -0.05) is 17.8 Å². The van der Waals surface area contributed by atoms with Crippen molar-refractivity contribution >= 4 is 23.6 Å². The zero-order valence-electron chi connectivity index (χ0n) is 14.8. The quantitative estimate of drug-likeness (QED) is 0.587. The molecule has 1 atom stereocenters. The molecule has 26 heavy (non-hydrogen) atoms. The van der Waals surface area contributed by atoms with Crippen molar-refractivity contribution in [3.8, 4) is 0 Å². The van der Waals surface area contributed by atoms with Gasteiger partial charge < -0.3 is 14.8 Å². The molecule has 1 fully saturated rings. The normalized spacial score (nSPS) is 17.3. The molecule has 138 valence electrons. The number of likely N-dealkylation sites (tertiary alicyclic amines) is 1. The van der Waals surface area contributed by atoms with Crippen LogP contribution >= 0.6 is 11.8 Å². The number of pyridine rings is 1. The van der Waals surface area contributed by atoms with Gasteiger partial charge in [-0.2, -0.15) is 0 Å². The second-order valence-electron chi connectivity index (χ2n) is 6.29. The molecule has 0 spiro atoms. The highest BCUT2D eigenvalue weighted by atomic mass is 32.2. The Labute approximate surface area is 157 Å². The molecule has 1 saturated heterocycles. The summed E-state index contributed by atoms with van der Waals surface area (Å²) in [4.78, 5) is 34.8. The maximum Gasteiger partial charge on any atom is 0.224 e. The number of rotatable bonds is 7. The molecule has 2 aromatic rings. The number of piperidine rings is 1. The van der Waals surface area contributed by atoms with Gasteiger partial charge in [0.05, 0.1) is 18.2 Å². The van der Waals surface area contributed by atoms with Crippen LogP contribution in [0.15, 0.2) is 41.9 Å². The molecule has 0 radical (unpaired) electrons. The molecule has 3 heterocycles. The van der Waals surface area contributed by atoms with Crippen LogP contribution in [0.4, 0.5) is 0 Å². The summed E-state index contributed by atoms with van der Waals surface area (Å²) < 4.78 is 1.95. The lowest BCUT2D eigenvalue weighted by molar-refractivity contribution is -0.138. The fourth-order valence-electron chi connectivity index (χ4n) is 2.92. The van der Waals surface area contributed by atoms with Gasteiger partial charge in [-0.15, -0.1) is 0 Å². The van der Waals surface area contributed by atoms with E-state index in [-0.39, 0.29) is 17.7 Å². The van der Waals surface area contributed by atoms with Crippen LogP contribution in [-0.4, -0.2) is 50.1 Å². The predicted molar refractivity (Wildman–Crippen MR) is 99.3 cm³/mol. The van der Waals surface area contributed by atoms with E-state index in [0.717, 1.165) is 16.6 Å². The van der Waals surface area contributed by atoms with Crippen molar-refractivity contribution in [3.63, 3.8) is 0 Å². The van der Waals surface area contributed by atoms with Gasteiger partial charge in [0, 0.05) is 50.9 Å². The molecule has 1 N–H and O–H groups in total. The van der Waals surface area contributed by atoms with Crippen LogP contribution in [0.5, 0.6) is 0 Å². The number of amides is 2. The summed E-state index contributed by atoms with van der Waals surface area (Å²) in [5.74, 6) is 0.712. The summed E-state index contributed by atoms with van der Waals surface area (Å²) in [7, 11) is 1.95. The van der Waals surface area contributed by atoms with Gasteiger partial charge >= 0.3 is 0 Å². The van der Waals surface area contributed by atoms with Crippen LogP contribution in [0.1, 0.15) is 18.5 Å². The van der Waals surface area contributed by atoms with E-state index >= 15 is 0 Å². The molecule has 0 unspecified atom stereocenters. The molecule has 8 heteroatoms. The average Bonchev–Trinajstić information content (AvgIpc) is 3.06. The smallest absolute Gasteiger partial charge is 0.224 e. The highest BCUT2D eigenvalue weighted by Crippen LogP contribution is 2.20. The number of carbonyl (C=O) groups excluding carboxylic acids is 2. The second-order valence-corrected chi connectivity index (χ2v) is 7.35. The molecular weight excluding hydrogens is 350 g/mol. The molecule has 3 rings (SSSR count). The van der Waals surface area contributed by atoms with Gasteiger partial charge in [-0.25, -0.2) is 4.98 Å². The molecule has 0 saturated carbocycles. The van der Waals surface area contributed by atoms with Crippen molar-refractivity contribution in [2.75, 3.05) is 18.8 Å². The van der Waals surface area contributed by atoms with Crippen molar-refractivity contribution in [1.29, 1.82) is 0 Å². The highest BCUT2D eigenvalue weighted by molar-refractivity contribution is 7.99. The molecule has 0 aromatic carbocycles. The third-order valence-electron chi connectivity index (χ3n) is 4.36. The van der Waals surface area contributed by atoms with E-state index in [9.17, 15) is 9.59 Å². The summed E-state index contributed by atoms with van der Waals surface area (Å²) in [5.41, 5.74) is 0.841. The maximum absolute atomic E-state index is 12.4. The number of hydrogen-bond acceptors (Lipinski definition) is 5. The Hall–Kier alpha value is -2.35. The van der Waals surface area contributed by atoms with Crippen LogP contribution in [0, 0.1) is 5.92 Å². The lowest BCUT2D eigenvalue weighted by Gasteiger charge is -2.31. The molecule has 1 aliphatic heterocycles. The van der Waals surface area contributed by atoms with Gasteiger partial charge in [0.25, 0.3) is 0 Å². The van der Waals surface area contributed by atoms with E-state index < -0.39 is 0 Å². The molecule has 7 nitrogen and oxygen atoms in total. The van der Waals surface area contributed by atoms with Crippen LogP contribution in [0.2, 0.25) is 0 Å². The monoisotopic (exact) mass is 373 g/mol. The summed E-state index contributed by atoms with van der Waals surface area (Å²) in [6.45, 7) is 1.49. The first-order valence-corrected chi connectivity index (χ1v) is 9.67. The Balaban J connectivity index is 1.45. The zero-order valence-corrected chi connectivity index (χ0v) is 15.6. The topological polar surface area (TPSA) is 80.1 Å². The Morgan fingerprint density at radius 3 is 2.96 bits per heavy atom. The molecular formula is C18H23N5O2S. The standard InChI is InChI=1S/C18H23N5O2S/c1-22-10-8-21-18(22)26-11-9-20-17(25)14-5-6-16(24)23(12-14)13-15-4-2-3-7-19-15/h2-4,7-8,10,14H,5-6,9,11-13H2,1H3,(H,20,25)/t14-/m1/s1. The first kappa shape index (κ1) is 18.4. The minimum absolute atomic E-state index is 0.0176. The lowest BCUT2D eigenvalue weighted by Crippen LogP contribution is -2.45. The SMILES string of the molecule is Cn1ccnc1SCCNC(=O)[C@@H]1CCC(=O)N(Cc2ccccn2)C1. The third kappa shape index (κ3) is 4.85. The number of nitrogens with one attached hydrogen (secondary N) is 1.